The molecule has 0 saturated carbocycles. The Kier molecular flexibility index (Phi) is 4.27. The molecule has 9 nitrogen and oxygen atoms in total. The second-order valence-corrected chi connectivity index (χ2v) is 5.82. The van der Waals surface area contributed by atoms with Crippen LogP contribution in [0, 0.1) is 0 Å². The molecule has 0 spiro atoms. The van der Waals surface area contributed by atoms with E-state index in [-0.39, 0.29) is 17.4 Å². The Balaban J connectivity index is 1.96. The van der Waals surface area contributed by atoms with Crippen molar-refractivity contribution in [2.45, 2.75) is 11.3 Å². The zero-order valence-electron chi connectivity index (χ0n) is 10.8. The van der Waals surface area contributed by atoms with Crippen molar-refractivity contribution in [3.05, 3.63) is 30.4 Å². The quantitative estimate of drug-likeness (QED) is 0.461. The third-order valence-corrected chi connectivity index (χ3v) is 3.95. The highest BCUT2D eigenvalue weighted by Crippen LogP contribution is 2.07. The van der Waals surface area contributed by atoms with Crippen LogP contribution in [-0.4, -0.2) is 34.7 Å². The van der Waals surface area contributed by atoms with E-state index in [1.807, 2.05) is 6.20 Å². The van der Waals surface area contributed by atoms with E-state index in [4.69, 9.17) is 5.84 Å². The number of hydrogen-bond acceptors (Lipinski definition) is 7. The van der Waals surface area contributed by atoms with Crippen LogP contribution in [0.4, 0.5) is 5.95 Å². The van der Waals surface area contributed by atoms with Crippen LogP contribution in [0.3, 0.4) is 0 Å². The number of sulfonamides is 1. The maximum atomic E-state index is 12.0. The fraction of sp³-hybridized carbons (Fsp3) is 0.300. The highest BCUT2D eigenvalue weighted by atomic mass is 32.2. The van der Waals surface area contributed by atoms with E-state index in [0.29, 0.717) is 6.42 Å². The van der Waals surface area contributed by atoms with Crippen LogP contribution in [0.2, 0.25) is 0 Å². The lowest BCUT2D eigenvalue weighted by atomic mass is 10.3. The summed E-state index contributed by atoms with van der Waals surface area (Å²) in [5.74, 6) is 5.26. The van der Waals surface area contributed by atoms with Gasteiger partial charge in [0.2, 0.25) is 16.0 Å². The number of nitrogen functional groups attached to an aromatic ring is 1. The van der Waals surface area contributed by atoms with Crippen molar-refractivity contribution in [1.82, 2.24) is 24.5 Å². The molecule has 0 radical (unpaired) electrons. The number of nitrogens with zero attached hydrogens (tertiary/aromatic N) is 4. The Morgan fingerprint density at radius 3 is 2.55 bits per heavy atom. The molecule has 2 heterocycles. The van der Waals surface area contributed by atoms with Crippen LogP contribution in [0.5, 0.6) is 0 Å². The normalized spacial score (nSPS) is 11.5. The summed E-state index contributed by atoms with van der Waals surface area (Å²) >= 11 is 0. The maximum absolute atomic E-state index is 12.0. The third-order valence-electron chi connectivity index (χ3n) is 2.53. The lowest BCUT2D eigenvalue weighted by Gasteiger charge is -2.05. The number of aromatic nitrogens is 4. The van der Waals surface area contributed by atoms with Crippen LogP contribution >= 0.6 is 0 Å². The lowest BCUT2D eigenvalue weighted by Crippen LogP contribution is -2.26. The summed E-state index contributed by atoms with van der Waals surface area (Å²) < 4.78 is 28.1. The van der Waals surface area contributed by atoms with E-state index >= 15 is 0 Å². The second kappa shape index (κ2) is 5.94. The molecule has 0 aliphatic heterocycles. The molecule has 108 valence electrons. The van der Waals surface area contributed by atoms with Crippen molar-refractivity contribution in [2.24, 2.45) is 12.9 Å². The highest BCUT2D eigenvalue weighted by molar-refractivity contribution is 7.89. The zero-order valence-corrected chi connectivity index (χ0v) is 11.6. The fourth-order valence-electron chi connectivity index (χ4n) is 1.54. The Hall–Kier alpha value is -2.04. The minimum absolute atomic E-state index is 0.0114. The van der Waals surface area contributed by atoms with Gasteiger partial charge in [0, 0.05) is 19.8 Å². The smallest absolute Gasteiger partial charge is 0.243 e. The Morgan fingerprint density at radius 1 is 1.30 bits per heavy atom. The SMILES string of the molecule is Cn1cc(CCNS(=O)(=O)c2cnc(NN)nc2)cn1. The van der Waals surface area contributed by atoms with Crippen LogP contribution < -0.4 is 16.0 Å². The average Bonchev–Trinajstić information content (AvgIpc) is 2.84. The van der Waals surface area contributed by atoms with Gasteiger partial charge in [0.15, 0.2) is 0 Å². The standard InChI is InChI=1S/C10H15N7O2S/c1-17-7-8(4-14-17)2-3-15-20(18,19)9-5-12-10(16-11)13-6-9/h4-7,15H,2-3,11H2,1H3,(H,12,13,16). The first-order valence-corrected chi connectivity index (χ1v) is 7.25. The van der Waals surface area contributed by atoms with Gasteiger partial charge in [0.25, 0.3) is 0 Å². The molecule has 0 atom stereocenters. The predicted octanol–water partition coefficient (Wildman–Crippen LogP) is -0.983. The lowest BCUT2D eigenvalue weighted by molar-refractivity contribution is 0.580. The molecular weight excluding hydrogens is 282 g/mol. The summed E-state index contributed by atoms with van der Waals surface area (Å²) in [6, 6.07) is 0. The zero-order chi connectivity index (χ0) is 14.6. The van der Waals surface area contributed by atoms with Crippen molar-refractivity contribution in [3.63, 3.8) is 0 Å². The van der Waals surface area contributed by atoms with Crippen LogP contribution in [-0.2, 0) is 23.5 Å². The molecule has 0 bridgehead atoms. The summed E-state index contributed by atoms with van der Waals surface area (Å²) in [7, 11) is -1.82. The molecule has 0 unspecified atom stereocenters. The molecule has 0 amide bonds. The molecule has 10 heteroatoms. The highest BCUT2D eigenvalue weighted by Gasteiger charge is 2.14. The van der Waals surface area contributed by atoms with Crippen molar-refractivity contribution in [1.29, 1.82) is 0 Å². The summed E-state index contributed by atoms with van der Waals surface area (Å²) in [6.45, 7) is 0.269. The van der Waals surface area contributed by atoms with Gasteiger partial charge in [-0.15, -0.1) is 0 Å². The molecule has 4 N–H and O–H groups in total. The number of anilines is 1. The van der Waals surface area contributed by atoms with Crippen molar-refractivity contribution >= 4 is 16.0 Å². The van der Waals surface area contributed by atoms with E-state index in [0.717, 1.165) is 5.56 Å². The molecule has 0 fully saturated rings. The van der Waals surface area contributed by atoms with Crippen molar-refractivity contribution < 1.29 is 8.42 Å². The number of rotatable bonds is 6. The first-order valence-electron chi connectivity index (χ1n) is 5.77. The Labute approximate surface area is 116 Å². The van der Waals surface area contributed by atoms with Gasteiger partial charge in [0.05, 0.1) is 18.6 Å². The Bertz CT molecular complexity index is 665. The largest absolute Gasteiger partial charge is 0.292 e. The number of nitrogens with two attached hydrogens (primary N) is 1. The predicted molar refractivity (Wildman–Crippen MR) is 71.9 cm³/mol. The van der Waals surface area contributed by atoms with Gasteiger partial charge in [-0.2, -0.15) is 5.10 Å². The molecule has 20 heavy (non-hydrogen) atoms. The molecule has 0 aliphatic rings. The molecule has 0 aromatic carbocycles. The molecular formula is C10H15N7O2S. The van der Waals surface area contributed by atoms with Crippen molar-refractivity contribution in [3.8, 4) is 0 Å². The van der Waals surface area contributed by atoms with E-state index in [2.05, 4.69) is 25.2 Å². The minimum atomic E-state index is -3.62. The average molecular weight is 297 g/mol. The molecule has 0 saturated heterocycles. The van der Waals surface area contributed by atoms with Crippen LogP contribution in [0.25, 0.3) is 0 Å². The van der Waals surface area contributed by atoms with Crippen LogP contribution in [0.1, 0.15) is 5.56 Å². The Morgan fingerprint density at radius 2 is 2.00 bits per heavy atom. The minimum Gasteiger partial charge on any atom is -0.292 e. The van der Waals surface area contributed by atoms with Gasteiger partial charge < -0.3 is 0 Å². The van der Waals surface area contributed by atoms with Gasteiger partial charge >= 0.3 is 0 Å². The van der Waals surface area contributed by atoms with Crippen LogP contribution in [0.15, 0.2) is 29.7 Å². The summed E-state index contributed by atoms with van der Waals surface area (Å²) in [5, 5.41) is 4.01. The fourth-order valence-corrected chi connectivity index (χ4v) is 2.46. The molecule has 0 aliphatic carbocycles. The number of hydrogen-bond donors (Lipinski definition) is 3. The first kappa shape index (κ1) is 14.4. The molecule has 2 aromatic rings. The summed E-state index contributed by atoms with van der Waals surface area (Å²) in [6.07, 6.45) is 6.46. The maximum Gasteiger partial charge on any atom is 0.243 e. The first-order chi connectivity index (χ1) is 9.51. The van der Waals surface area contributed by atoms with E-state index < -0.39 is 10.0 Å². The second-order valence-electron chi connectivity index (χ2n) is 4.06. The van der Waals surface area contributed by atoms with Crippen molar-refractivity contribution in [2.75, 3.05) is 12.0 Å². The topological polar surface area (TPSA) is 128 Å². The monoisotopic (exact) mass is 297 g/mol. The summed E-state index contributed by atoms with van der Waals surface area (Å²) in [4.78, 5) is 7.50. The van der Waals surface area contributed by atoms with E-state index in [1.165, 1.54) is 12.4 Å². The van der Waals surface area contributed by atoms with Gasteiger partial charge in [-0.3, -0.25) is 10.1 Å². The number of hydrazine groups is 1. The van der Waals surface area contributed by atoms with E-state index in [9.17, 15) is 8.42 Å². The molecule has 2 rings (SSSR count). The summed E-state index contributed by atoms with van der Waals surface area (Å²) in [5.41, 5.74) is 3.18. The number of nitrogens with one attached hydrogen (secondary N) is 2. The van der Waals surface area contributed by atoms with Gasteiger partial charge in [-0.1, -0.05) is 0 Å². The van der Waals surface area contributed by atoms with E-state index in [1.54, 1.807) is 17.9 Å². The van der Waals surface area contributed by atoms with Gasteiger partial charge in [-0.25, -0.2) is 29.0 Å². The third kappa shape index (κ3) is 3.50. The molecule has 2 aromatic heterocycles. The van der Waals surface area contributed by atoms with Gasteiger partial charge in [-0.05, 0) is 12.0 Å². The number of aryl methyl sites for hydroxylation is 1. The van der Waals surface area contributed by atoms with Gasteiger partial charge in [0.1, 0.15) is 4.90 Å².